The summed E-state index contributed by atoms with van der Waals surface area (Å²) in [4.78, 5) is 48.4. The zero-order valence-corrected chi connectivity index (χ0v) is 9.80. The van der Waals surface area contributed by atoms with Crippen LogP contribution in [0.15, 0.2) is 12.2 Å². The van der Waals surface area contributed by atoms with Gasteiger partial charge in [-0.05, 0) is 13.8 Å². The molecule has 0 fully saturated rings. The Hall–Kier alpha value is -2.05. The molecule has 0 N–H and O–H groups in total. The molecule has 1 unspecified atom stereocenters. The summed E-state index contributed by atoms with van der Waals surface area (Å²) < 4.78 is 0. The maximum atomic E-state index is 11.1. The summed E-state index contributed by atoms with van der Waals surface area (Å²) in [6.45, 7) is 4.78. The molecule has 0 saturated heterocycles. The lowest BCUT2D eigenvalue weighted by molar-refractivity contribution is -0.293. The second-order valence-electron chi connectivity index (χ2n) is 2.94. The zero-order valence-electron chi connectivity index (χ0n) is 9.80. The van der Waals surface area contributed by atoms with Gasteiger partial charge < -0.3 is 0 Å². The molecule has 0 spiro atoms. The third-order valence-corrected chi connectivity index (χ3v) is 1.54. The molecule has 0 aromatic heterocycles. The van der Waals surface area contributed by atoms with Crippen LogP contribution < -0.4 is 0 Å². The van der Waals surface area contributed by atoms with Crippen molar-refractivity contribution in [3.8, 4) is 0 Å². The monoisotopic (exact) mass is 246 g/mol. The minimum Gasteiger partial charge on any atom is -0.247 e. The summed E-state index contributed by atoms with van der Waals surface area (Å²) in [6, 6.07) is 0. The van der Waals surface area contributed by atoms with Gasteiger partial charge in [-0.3, -0.25) is 0 Å². The highest BCUT2D eigenvalue weighted by Crippen LogP contribution is 2.02. The van der Waals surface area contributed by atoms with Crippen LogP contribution in [0, 0.1) is 5.92 Å². The Morgan fingerprint density at radius 2 is 1.71 bits per heavy atom. The molecule has 0 aliphatic rings. The van der Waals surface area contributed by atoms with E-state index in [4.69, 9.17) is 0 Å². The van der Waals surface area contributed by atoms with Crippen LogP contribution in [-0.2, 0) is 29.1 Å². The molecule has 0 aromatic carbocycles. The van der Waals surface area contributed by atoms with Gasteiger partial charge in [0.15, 0.2) is 0 Å². The quantitative estimate of drug-likeness (QED) is 0.425. The highest BCUT2D eigenvalue weighted by atomic mass is 17.3. The van der Waals surface area contributed by atoms with Crippen LogP contribution in [0.2, 0.25) is 0 Å². The van der Waals surface area contributed by atoms with Gasteiger partial charge >= 0.3 is 18.1 Å². The lowest BCUT2D eigenvalue weighted by Gasteiger charge is -2.04. The average Bonchev–Trinajstić information content (AvgIpc) is 2.32. The summed E-state index contributed by atoms with van der Waals surface area (Å²) in [6.07, 6.45) is 1.79. The molecule has 0 rings (SSSR count). The lowest BCUT2D eigenvalue weighted by atomic mass is 10.2. The Morgan fingerprint density at radius 1 is 1.12 bits per heavy atom. The van der Waals surface area contributed by atoms with E-state index in [9.17, 15) is 14.4 Å². The van der Waals surface area contributed by atoms with Crippen LogP contribution in [0.1, 0.15) is 27.2 Å². The van der Waals surface area contributed by atoms with Crippen LogP contribution >= 0.6 is 0 Å². The third-order valence-electron chi connectivity index (χ3n) is 1.54. The highest BCUT2D eigenvalue weighted by Gasteiger charge is 2.17. The average molecular weight is 246 g/mol. The molecule has 1 atom stereocenters. The van der Waals surface area contributed by atoms with E-state index in [1.807, 2.05) is 0 Å². The van der Waals surface area contributed by atoms with Crippen molar-refractivity contribution in [2.24, 2.45) is 5.92 Å². The van der Waals surface area contributed by atoms with Gasteiger partial charge in [0, 0.05) is 6.42 Å². The third kappa shape index (κ3) is 6.93. The Morgan fingerprint density at radius 3 is 2.24 bits per heavy atom. The van der Waals surface area contributed by atoms with Crippen molar-refractivity contribution in [1.29, 1.82) is 0 Å². The highest BCUT2D eigenvalue weighted by molar-refractivity contribution is 5.74. The maximum absolute atomic E-state index is 11.1. The van der Waals surface area contributed by atoms with E-state index < -0.39 is 24.0 Å². The van der Waals surface area contributed by atoms with Crippen LogP contribution in [0.25, 0.3) is 0 Å². The van der Waals surface area contributed by atoms with Crippen molar-refractivity contribution in [1.82, 2.24) is 0 Å². The van der Waals surface area contributed by atoms with Crippen molar-refractivity contribution in [3.63, 3.8) is 0 Å². The van der Waals surface area contributed by atoms with Gasteiger partial charge in [0.25, 0.3) is 0 Å². The number of carbonyl (C=O) groups excluding carboxylic acids is 3. The van der Waals surface area contributed by atoms with Gasteiger partial charge in [0.2, 0.25) is 0 Å². The standard InChI is InChI=1S/C10H14O7/c1-4-6-7(3)9(12)15-17-10(13)16-14-8(11)5-2/h4,6-7H,5H2,1-3H3/b6-4+. The number of hydrogen-bond acceptors (Lipinski definition) is 7. The molecule has 7 nitrogen and oxygen atoms in total. The molecule has 0 amide bonds. The molecule has 0 bridgehead atoms. The summed E-state index contributed by atoms with van der Waals surface area (Å²) in [5.41, 5.74) is 0. The first-order valence-electron chi connectivity index (χ1n) is 4.93. The zero-order chi connectivity index (χ0) is 13.3. The van der Waals surface area contributed by atoms with Crippen molar-refractivity contribution in [2.45, 2.75) is 27.2 Å². The Balaban J connectivity index is 3.84. The SMILES string of the molecule is C/C=C/C(C)C(=O)OOC(=O)OOC(=O)CC. The molecule has 17 heavy (non-hydrogen) atoms. The first-order valence-corrected chi connectivity index (χ1v) is 4.93. The molecule has 7 heteroatoms. The summed E-state index contributed by atoms with van der Waals surface area (Å²) >= 11 is 0. The van der Waals surface area contributed by atoms with Crippen LogP contribution in [0.3, 0.4) is 0 Å². The Bertz CT molecular complexity index is 308. The van der Waals surface area contributed by atoms with Gasteiger partial charge in [-0.25, -0.2) is 29.1 Å². The molecular weight excluding hydrogens is 232 g/mol. The number of rotatable bonds is 3. The first-order chi connectivity index (χ1) is 8.01. The molecule has 0 aliphatic carbocycles. The van der Waals surface area contributed by atoms with Gasteiger partial charge in [0.05, 0.1) is 5.92 Å². The molecular formula is C10H14O7. The number of carbonyl (C=O) groups is 3. The molecule has 0 aliphatic heterocycles. The van der Waals surface area contributed by atoms with E-state index in [1.54, 1.807) is 26.0 Å². The van der Waals surface area contributed by atoms with E-state index >= 15 is 0 Å². The molecule has 0 heterocycles. The smallest absolute Gasteiger partial charge is 0.247 e. The predicted octanol–water partition coefficient (Wildman–Crippen LogP) is 1.68. The van der Waals surface area contributed by atoms with Crippen molar-refractivity contribution < 1.29 is 33.9 Å². The first kappa shape index (κ1) is 14.9. The fraction of sp³-hybridized carbons (Fsp3) is 0.500. The van der Waals surface area contributed by atoms with E-state index in [2.05, 4.69) is 19.6 Å². The summed E-state index contributed by atoms with van der Waals surface area (Å²) in [7, 11) is 0. The number of allylic oxidation sites excluding steroid dienone is 1. The molecule has 0 saturated carbocycles. The largest absolute Gasteiger partial charge is 0.591 e. The fourth-order valence-corrected chi connectivity index (χ4v) is 0.672. The topological polar surface area (TPSA) is 88.1 Å². The van der Waals surface area contributed by atoms with Crippen molar-refractivity contribution >= 4 is 18.1 Å². The van der Waals surface area contributed by atoms with Gasteiger partial charge in [-0.15, -0.1) is 0 Å². The van der Waals surface area contributed by atoms with E-state index in [0.717, 1.165) is 0 Å². The number of hydrogen-bond donors (Lipinski definition) is 0. The predicted molar refractivity (Wildman–Crippen MR) is 54.0 cm³/mol. The fourth-order valence-electron chi connectivity index (χ4n) is 0.672. The Labute approximate surface area is 98.1 Å². The summed E-state index contributed by atoms with van der Waals surface area (Å²) in [5, 5.41) is 0. The second-order valence-corrected chi connectivity index (χ2v) is 2.94. The molecule has 0 radical (unpaired) electrons. The van der Waals surface area contributed by atoms with Gasteiger partial charge in [-0.2, -0.15) is 4.79 Å². The Kier molecular flexibility index (Phi) is 7.16. The van der Waals surface area contributed by atoms with E-state index in [0.29, 0.717) is 0 Å². The van der Waals surface area contributed by atoms with Gasteiger partial charge in [-0.1, -0.05) is 19.1 Å². The second kappa shape index (κ2) is 8.14. The minimum atomic E-state index is -1.44. The molecule has 0 aromatic rings. The minimum absolute atomic E-state index is 0.0331. The van der Waals surface area contributed by atoms with Crippen molar-refractivity contribution in [3.05, 3.63) is 12.2 Å². The lowest BCUT2D eigenvalue weighted by Crippen LogP contribution is -2.18. The van der Waals surface area contributed by atoms with Gasteiger partial charge in [0.1, 0.15) is 0 Å². The normalized spacial score (nSPS) is 11.7. The van der Waals surface area contributed by atoms with Crippen molar-refractivity contribution in [2.75, 3.05) is 0 Å². The van der Waals surface area contributed by atoms with E-state index in [1.165, 1.54) is 6.92 Å². The van der Waals surface area contributed by atoms with E-state index in [-0.39, 0.29) is 6.42 Å². The van der Waals surface area contributed by atoms with Crippen LogP contribution in [0.5, 0.6) is 0 Å². The van der Waals surface area contributed by atoms with Crippen LogP contribution in [0.4, 0.5) is 4.79 Å². The van der Waals surface area contributed by atoms with Crippen LogP contribution in [-0.4, -0.2) is 18.1 Å². The molecule has 96 valence electrons. The maximum Gasteiger partial charge on any atom is 0.591 e. The summed E-state index contributed by atoms with van der Waals surface area (Å²) in [5.74, 6) is -2.09.